The summed E-state index contributed by atoms with van der Waals surface area (Å²) >= 11 is 0. The van der Waals surface area contributed by atoms with Crippen molar-refractivity contribution in [3.05, 3.63) is 11.6 Å². The zero-order valence-electron chi connectivity index (χ0n) is 10.7. The number of alkyl halides is 3. The molecule has 18 heavy (non-hydrogen) atoms. The topological polar surface area (TPSA) is 26.3 Å². The Kier molecular flexibility index (Phi) is 2.80. The minimum Gasteiger partial charge on any atom is -0.459 e. The van der Waals surface area contributed by atoms with Crippen LogP contribution in [-0.2, 0) is 9.53 Å². The molecule has 0 amide bonds. The minimum atomic E-state index is -4.58. The van der Waals surface area contributed by atoms with Crippen LogP contribution in [0.2, 0.25) is 0 Å². The van der Waals surface area contributed by atoms with E-state index in [0.717, 1.165) is 11.6 Å². The van der Waals surface area contributed by atoms with E-state index in [1.54, 1.807) is 20.8 Å². The fraction of sp³-hybridized carbons (Fsp3) is 0.769. The molecule has 2 bridgehead atoms. The van der Waals surface area contributed by atoms with E-state index in [1.807, 2.05) is 0 Å². The molecule has 0 aromatic rings. The standard InChI is InChI=1S/C13H17F3O2/c1-11(2,3)18-10(17)12(13(14,15)16)7-8-4-5-9(12)6-8/h7,9H,4-6H2,1-3H3. The summed E-state index contributed by atoms with van der Waals surface area (Å²) in [4.78, 5) is 12.0. The van der Waals surface area contributed by atoms with Crippen LogP contribution in [0.25, 0.3) is 0 Å². The smallest absolute Gasteiger partial charge is 0.408 e. The van der Waals surface area contributed by atoms with Gasteiger partial charge in [-0.05, 0) is 46.0 Å². The van der Waals surface area contributed by atoms with E-state index < -0.39 is 29.1 Å². The summed E-state index contributed by atoms with van der Waals surface area (Å²) in [6.45, 7) is 4.74. The van der Waals surface area contributed by atoms with E-state index in [0.29, 0.717) is 19.3 Å². The van der Waals surface area contributed by atoms with Crippen molar-refractivity contribution in [3.63, 3.8) is 0 Å². The Hall–Kier alpha value is -1.00. The average Bonchev–Trinajstić information content (AvgIpc) is 2.71. The summed E-state index contributed by atoms with van der Waals surface area (Å²) < 4.78 is 45.1. The third-order valence-electron chi connectivity index (χ3n) is 3.60. The zero-order valence-corrected chi connectivity index (χ0v) is 10.7. The molecule has 2 rings (SSSR count). The number of carbonyl (C=O) groups is 1. The SMILES string of the molecule is CC(C)(C)OC(=O)C1(C(F)(F)F)C=C2CCC1C2. The first kappa shape index (κ1) is 13.4. The van der Waals surface area contributed by atoms with Crippen LogP contribution in [0.3, 0.4) is 0 Å². The molecule has 2 unspecified atom stereocenters. The van der Waals surface area contributed by atoms with Crippen LogP contribution in [0.5, 0.6) is 0 Å². The maximum absolute atomic E-state index is 13.4. The number of ether oxygens (including phenoxy) is 1. The molecule has 0 spiro atoms. The van der Waals surface area contributed by atoms with Crippen molar-refractivity contribution in [2.75, 3.05) is 0 Å². The van der Waals surface area contributed by atoms with Gasteiger partial charge in [-0.3, -0.25) is 4.79 Å². The van der Waals surface area contributed by atoms with Crippen molar-refractivity contribution < 1.29 is 22.7 Å². The molecule has 1 fully saturated rings. The van der Waals surface area contributed by atoms with Crippen LogP contribution in [0, 0.1) is 11.3 Å². The van der Waals surface area contributed by atoms with Gasteiger partial charge < -0.3 is 4.74 Å². The highest BCUT2D eigenvalue weighted by molar-refractivity contribution is 5.82. The molecule has 0 radical (unpaired) electrons. The number of hydrogen-bond donors (Lipinski definition) is 0. The summed E-state index contributed by atoms with van der Waals surface area (Å²) in [5.74, 6) is -1.83. The lowest BCUT2D eigenvalue weighted by Gasteiger charge is -2.36. The van der Waals surface area contributed by atoms with Crippen molar-refractivity contribution in [1.82, 2.24) is 0 Å². The highest BCUT2D eigenvalue weighted by Gasteiger charge is 2.68. The highest BCUT2D eigenvalue weighted by Crippen LogP contribution is 2.59. The van der Waals surface area contributed by atoms with Crippen molar-refractivity contribution >= 4 is 5.97 Å². The normalized spacial score (nSPS) is 31.4. The Morgan fingerprint density at radius 2 is 2.00 bits per heavy atom. The van der Waals surface area contributed by atoms with E-state index in [-0.39, 0.29) is 0 Å². The van der Waals surface area contributed by atoms with Crippen LogP contribution >= 0.6 is 0 Å². The number of halogens is 3. The zero-order chi connectivity index (χ0) is 13.8. The Morgan fingerprint density at radius 3 is 2.33 bits per heavy atom. The first-order valence-electron chi connectivity index (χ1n) is 6.07. The third kappa shape index (κ3) is 1.93. The summed E-state index contributed by atoms with van der Waals surface area (Å²) in [6, 6.07) is 0. The summed E-state index contributed by atoms with van der Waals surface area (Å²) in [5.41, 5.74) is -2.58. The van der Waals surface area contributed by atoms with E-state index in [4.69, 9.17) is 4.74 Å². The third-order valence-corrected chi connectivity index (χ3v) is 3.60. The fourth-order valence-electron chi connectivity index (χ4n) is 2.86. The molecule has 2 aliphatic carbocycles. The summed E-state index contributed by atoms with van der Waals surface area (Å²) in [6.07, 6.45) is -2.01. The molecule has 2 atom stereocenters. The molecule has 0 N–H and O–H groups in total. The van der Waals surface area contributed by atoms with Crippen LogP contribution in [0.15, 0.2) is 11.6 Å². The number of rotatable bonds is 1. The predicted octanol–water partition coefficient (Wildman–Crippen LogP) is 3.62. The quantitative estimate of drug-likeness (QED) is 0.533. The second-order valence-electron chi connectivity index (χ2n) is 6.11. The van der Waals surface area contributed by atoms with Gasteiger partial charge in [0, 0.05) is 0 Å². The number of carbonyl (C=O) groups excluding carboxylic acids is 1. The second kappa shape index (κ2) is 3.75. The fourth-order valence-corrected chi connectivity index (χ4v) is 2.86. The minimum absolute atomic E-state index is 0.374. The molecule has 0 aliphatic heterocycles. The van der Waals surface area contributed by atoms with Gasteiger partial charge in [0.1, 0.15) is 5.60 Å². The molecule has 5 heteroatoms. The van der Waals surface area contributed by atoms with Crippen molar-refractivity contribution in [1.29, 1.82) is 0 Å². The predicted molar refractivity (Wildman–Crippen MR) is 59.8 cm³/mol. The first-order valence-corrected chi connectivity index (χ1v) is 6.07. The van der Waals surface area contributed by atoms with E-state index in [9.17, 15) is 18.0 Å². The Morgan fingerprint density at radius 1 is 1.39 bits per heavy atom. The van der Waals surface area contributed by atoms with Crippen LogP contribution in [0.1, 0.15) is 40.0 Å². The van der Waals surface area contributed by atoms with Crippen LogP contribution in [0.4, 0.5) is 13.2 Å². The lowest BCUT2D eigenvalue weighted by molar-refractivity contribution is -0.237. The highest BCUT2D eigenvalue weighted by atomic mass is 19.4. The van der Waals surface area contributed by atoms with E-state index in [1.165, 1.54) is 0 Å². The molecule has 0 aromatic heterocycles. The van der Waals surface area contributed by atoms with Gasteiger partial charge in [-0.1, -0.05) is 11.6 Å². The maximum Gasteiger partial charge on any atom is 0.408 e. The molecule has 0 saturated heterocycles. The van der Waals surface area contributed by atoms with E-state index in [2.05, 4.69) is 0 Å². The Balaban J connectivity index is 2.37. The number of esters is 1. The maximum atomic E-state index is 13.4. The molecular formula is C13H17F3O2. The Labute approximate surface area is 104 Å². The lowest BCUT2D eigenvalue weighted by Crippen LogP contribution is -2.50. The summed E-state index contributed by atoms with van der Waals surface area (Å²) in [5, 5.41) is 0. The lowest BCUT2D eigenvalue weighted by atomic mass is 9.75. The average molecular weight is 262 g/mol. The monoisotopic (exact) mass is 262 g/mol. The Bertz CT molecular complexity index is 403. The molecule has 2 aliphatic rings. The van der Waals surface area contributed by atoms with Gasteiger partial charge in [-0.15, -0.1) is 0 Å². The summed E-state index contributed by atoms with van der Waals surface area (Å²) in [7, 11) is 0. The van der Waals surface area contributed by atoms with Crippen molar-refractivity contribution in [3.8, 4) is 0 Å². The largest absolute Gasteiger partial charge is 0.459 e. The van der Waals surface area contributed by atoms with Crippen molar-refractivity contribution in [2.24, 2.45) is 11.3 Å². The molecule has 0 heterocycles. The van der Waals surface area contributed by atoms with Crippen molar-refractivity contribution in [2.45, 2.75) is 51.8 Å². The van der Waals surface area contributed by atoms with Gasteiger partial charge in [0.15, 0.2) is 5.41 Å². The molecular weight excluding hydrogens is 245 g/mol. The van der Waals surface area contributed by atoms with Gasteiger partial charge in [-0.2, -0.15) is 13.2 Å². The van der Waals surface area contributed by atoms with Gasteiger partial charge in [-0.25, -0.2) is 0 Å². The van der Waals surface area contributed by atoms with Crippen LogP contribution < -0.4 is 0 Å². The van der Waals surface area contributed by atoms with Gasteiger partial charge >= 0.3 is 12.1 Å². The molecule has 1 saturated carbocycles. The second-order valence-corrected chi connectivity index (χ2v) is 6.11. The molecule has 0 aromatic carbocycles. The number of allylic oxidation sites excluding steroid dienone is 1. The van der Waals surface area contributed by atoms with Gasteiger partial charge in [0.25, 0.3) is 0 Å². The first-order chi connectivity index (χ1) is 8.06. The molecule has 102 valence electrons. The molecule has 2 nitrogen and oxygen atoms in total. The number of hydrogen-bond acceptors (Lipinski definition) is 2. The van der Waals surface area contributed by atoms with Gasteiger partial charge in [0.05, 0.1) is 0 Å². The van der Waals surface area contributed by atoms with Crippen LogP contribution in [-0.4, -0.2) is 17.7 Å². The van der Waals surface area contributed by atoms with Gasteiger partial charge in [0.2, 0.25) is 0 Å². The number of fused-ring (bicyclic) bond motifs is 2. The van der Waals surface area contributed by atoms with E-state index >= 15 is 0 Å².